The number of hydrogen-bond acceptors (Lipinski definition) is 2. The molecule has 0 radical (unpaired) electrons. The predicted molar refractivity (Wildman–Crippen MR) is 82.6 cm³/mol. The molecule has 0 aliphatic carbocycles. The number of unbranched alkanes of at least 4 members (excludes halogenated alkanes) is 1. The van der Waals surface area contributed by atoms with Crippen LogP contribution in [0.5, 0.6) is 5.75 Å². The molecule has 0 saturated carbocycles. The number of ether oxygens (including phenoxy) is 1. The SMILES string of the molecule is CCCCC(CC)C(NCC)c1c(F)cc(OC)cc1F. The van der Waals surface area contributed by atoms with Gasteiger partial charge in [-0.25, -0.2) is 8.78 Å². The molecule has 0 saturated heterocycles. The fourth-order valence-corrected chi connectivity index (χ4v) is 2.77. The molecule has 120 valence electrons. The van der Waals surface area contributed by atoms with E-state index in [0.29, 0.717) is 6.54 Å². The van der Waals surface area contributed by atoms with Crippen molar-refractivity contribution in [2.45, 2.75) is 52.5 Å². The highest BCUT2D eigenvalue weighted by atomic mass is 19.1. The first kappa shape index (κ1) is 17.9. The Kier molecular flexibility index (Phi) is 7.65. The molecule has 0 bridgehead atoms. The molecule has 1 rings (SSSR count). The monoisotopic (exact) mass is 299 g/mol. The van der Waals surface area contributed by atoms with E-state index in [0.717, 1.165) is 25.7 Å². The van der Waals surface area contributed by atoms with Crippen molar-refractivity contribution < 1.29 is 13.5 Å². The first-order chi connectivity index (χ1) is 10.1. The Hall–Kier alpha value is -1.16. The van der Waals surface area contributed by atoms with E-state index in [2.05, 4.69) is 19.2 Å². The van der Waals surface area contributed by atoms with Crippen LogP contribution in [0.15, 0.2) is 12.1 Å². The Bertz CT molecular complexity index is 414. The zero-order chi connectivity index (χ0) is 15.8. The average Bonchev–Trinajstić information content (AvgIpc) is 2.47. The third kappa shape index (κ3) is 4.67. The predicted octanol–water partition coefficient (Wildman–Crippen LogP) is 4.84. The minimum absolute atomic E-state index is 0.139. The summed E-state index contributed by atoms with van der Waals surface area (Å²) in [7, 11) is 1.41. The molecule has 21 heavy (non-hydrogen) atoms. The van der Waals surface area contributed by atoms with E-state index in [1.54, 1.807) is 0 Å². The molecule has 1 aromatic carbocycles. The van der Waals surface area contributed by atoms with Crippen LogP contribution < -0.4 is 10.1 Å². The summed E-state index contributed by atoms with van der Waals surface area (Å²) in [4.78, 5) is 0. The van der Waals surface area contributed by atoms with Crippen molar-refractivity contribution >= 4 is 0 Å². The summed E-state index contributed by atoms with van der Waals surface area (Å²) in [6.07, 6.45) is 4.01. The van der Waals surface area contributed by atoms with Crippen LogP contribution in [0.25, 0.3) is 0 Å². The second-order valence-corrected chi connectivity index (χ2v) is 5.35. The first-order valence-electron chi connectivity index (χ1n) is 7.85. The van der Waals surface area contributed by atoms with Crippen molar-refractivity contribution in [3.8, 4) is 5.75 Å². The largest absolute Gasteiger partial charge is 0.497 e. The van der Waals surface area contributed by atoms with Crippen LogP contribution in [-0.4, -0.2) is 13.7 Å². The lowest BCUT2D eigenvalue weighted by atomic mass is 9.86. The van der Waals surface area contributed by atoms with Crippen molar-refractivity contribution in [3.63, 3.8) is 0 Å². The van der Waals surface area contributed by atoms with Crippen molar-refractivity contribution in [1.29, 1.82) is 0 Å². The summed E-state index contributed by atoms with van der Waals surface area (Å²) in [6, 6.07) is 2.22. The molecular weight excluding hydrogens is 272 g/mol. The lowest BCUT2D eigenvalue weighted by Gasteiger charge is -2.28. The fraction of sp³-hybridized carbons (Fsp3) is 0.647. The molecule has 1 aromatic rings. The molecular formula is C17H27F2NO. The normalized spacial score (nSPS) is 14.0. The lowest BCUT2D eigenvalue weighted by Crippen LogP contribution is -2.30. The van der Waals surface area contributed by atoms with Gasteiger partial charge in [-0.05, 0) is 18.9 Å². The molecule has 1 N–H and O–H groups in total. The van der Waals surface area contributed by atoms with E-state index in [4.69, 9.17) is 4.74 Å². The van der Waals surface area contributed by atoms with Crippen molar-refractivity contribution in [1.82, 2.24) is 5.32 Å². The van der Waals surface area contributed by atoms with Gasteiger partial charge in [0.1, 0.15) is 17.4 Å². The maximum absolute atomic E-state index is 14.3. The van der Waals surface area contributed by atoms with Crippen molar-refractivity contribution in [2.24, 2.45) is 5.92 Å². The van der Waals surface area contributed by atoms with Crippen molar-refractivity contribution in [2.75, 3.05) is 13.7 Å². The zero-order valence-electron chi connectivity index (χ0n) is 13.5. The molecule has 0 aliphatic rings. The summed E-state index contributed by atoms with van der Waals surface area (Å²) in [5.74, 6) is -0.631. The molecule has 4 heteroatoms. The highest BCUT2D eigenvalue weighted by molar-refractivity contribution is 5.33. The Morgan fingerprint density at radius 2 is 1.76 bits per heavy atom. The summed E-state index contributed by atoms with van der Waals surface area (Å²) in [6.45, 7) is 6.84. The van der Waals surface area contributed by atoms with Gasteiger partial charge < -0.3 is 10.1 Å². The van der Waals surface area contributed by atoms with Crippen molar-refractivity contribution in [3.05, 3.63) is 29.3 Å². The molecule has 2 atom stereocenters. The van der Waals surface area contributed by atoms with Gasteiger partial charge in [-0.15, -0.1) is 0 Å². The van der Waals surface area contributed by atoms with E-state index in [-0.39, 0.29) is 23.3 Å². The highest BCUT2D eigenvalue weighted by Gasteiger charge is 2.27. The molecule has 2 unspecified atom stereocenters. The standard InChI is InChI=1S/C17H27F2NO/c1-5-8-9-12(6-2)17(20-7-3)16-14(18)10-13(21-4)11-15(16)19/h10-12,17,20H,5-9H2,1-4H3. The number of methoxy groups -OCH3 is 1. The van der Waals surface area contributed by atoms with Gasteiger partial charge in [-0.3, -0.25) is 0 Å². The number of benzene rings is 1. The highest BCUT2D eigenvalue weighted by Crippen LogP contribution is 2.34. The zero-order valence-corrected chi connectivity index (χ0v) is 13.5. The Morgan fingerprint density at radius 1 is 1.14 bits per heavy atom. The van der Waals surface area contributed by atoms with Gasteiger partial charge in [0, 0.05) is 23.7 Å². The minimum atomic E-state index is -0.534. The molecule has 0 aliphatic heterocycles. The third-order valence-electron chi connectivity index (χ3n) is 3.95. The third-order valence-corrected chi connectivity index (χ3v) is 3.95. The molecule has 0 amide bonds. The second-order valence-electron chi connectivity index (χ2n) is 5.35. The van der Waals surface area contributed by atoms with Gasteiger partial charge in [-0.2, -0.15) is 0 Å². The summed E-state index contributed by atoms with van der Waals surface area (Å²) in [5.41, 5.74) is 0.139. The number of nitrogens with one attached hydrogen (secondary N) is 1. The number of halogens is 2. The topological polar surface area (TPSA) is 21.3 Å². The van der Waals surface area contributed by atoms with Gasteiger partial charge in [0.2, 0.25) is 0 Å². The van der Waals surface area contributed by atoms with Crippen LogP contribution in [-0.2, 0) is 0 Å². The fourth-order valence-electron chi connectivity index (χ4n) is 2.77. The summed E-state index contributed by atoms with van der Waals surface area (Å²) in [5, 5.41) is 3.26. The molecule has 0 aromatic heterocycles. The minimum Gasteiger partial charge on any atom is -0.497 e. The molecule has 2 nitrogen and oxygen atoms in total. The van der Waals surface area contributed by atoms with E-state index >= 15 is 0 Å². The van der Waals surface area contributed by atoms with Crippen LogP contribution in [0.2, 0.25) is 0 Å². The molecule has 0 spiro atoms. The quantitative estimate of drug-likeness (QED) is 0.704. The average molecular weight is 299 g/mol. The number of rotatable bonds is 9. The van der Waals surface area contributed by atoms with Gasteiger partial charge in [0.25, 0.3) is 0 Å². The van der Waals surface area contributed by atoms with E-state index < -0.39 is 11.6 Å². The van der Waals surface area contributed by atoms with E-state index in [1.165, 1.54) is 19.2 Å². The maximum atomic E-state index is 14.3. The molecule has 0 fully saturated rings. The van der Waals surface area contributed by atoms with E-state index in [1.807, 2.05) is 6.92 Å². The van der Waals surface area contributed by atoms with Crippen LogP contribution in [0.1, 0.15) is 58.1 Å². The first-order valence-corrected chi connectivity index (χ1v) is 7.85. The van der Waals surface area contributed by atoms with Gasteiger partial charge in [0.15, 0.2) is 0 Å². The van der Waals surface area contributed by atoms with Gasteiger partial charge >= 0.3 is 0 Å². The van der Waals surface area contributed by atoms with Crippen LogP contribution in [0.3, 0.4) is 0 Å². The van der Waals surface area contributed by atoms with Crippen LogP contribution >= 0.6 is 0 Å². The second kappa shape index (κ2) is 8.98. The number of hydrogen-bond donors (Lipinski definition) is 1. The van der Waals surface area contributed by atoms with E-state index in [9.17, 15) is 8.78 Å². The Balaban J connectivity index is 3.14. The lowest BCUT2D eigenvalue weighted by molar-refractivity contribution is 0.310. The Morgan fingerprint density at radius 3 is 2.19 bits per heavy atom. The maximum Gasteiger partial charge on any atom is 0.134 e. The smallest absolute Gasteiger partial charge is 0.134 e. The van der Waals surface area contributed by atoms with Crippen LogP contribution in [0, 0.1) is 17.6 Å². The Labute approximate surface area is 126 Å². The molecule has 0 heterocycles. The summed E-state index contributed by atoms with van der Waals surface area (Å²) >= 11 is 0. The van der Waals surface area contributed by atoms with Crippen LogP contribution in [0.4, 0.5) is 8.78 Å². The van der Waals surface area contributed by atoms with Gasteiger partial charge in [-0.1, -0.05) is 40.0 Å². The summed E-state index contributed by atoms with van der Waals surface area (Å²) < 4.78 is 33.6. The van der Waals surface area contributed by atoms with Gasteiger partial charge in [0.05, 0.1) is 7.11 Å².